The van der Waals surface area contributed by atoms with E-state index in [2.05, 4.69) is 33.2 Å². The lowest BCUT2D eigenvalue weighted by Crippen LogP contribution is -2.25. The molecule has 4 N–H and O–H groups in total. The van der Waals surface area contributed by atoms with E-state index in [1.165, 1.54) is 27.8 Å². The Morgan fingerprint density at radius 3 is 2.15 bits per heavy atom. The van der Waals surface area contributed by atoms with Gasteiger partial charge in [-0.05, 0) is 103 Å². The van der Waals surface area contributed by atoms with E-state index in [9.17, 15) is 13.8 Å². The molecule has 1 unspecified atom stereocenters. The Hall–Kier alpha value is -3.49. The molecule has 0 radical (unpaired) electrons. The van der Waals surface area contributed by atoms with Gasteiger partial charge < -0.3 is 10.6 Å². The van der Waals surface area contributed by atoms with Crippen LogP contribution >= 0.6 is 0 Å². The summed E-state index contributed by atoms with van der Waals surface area (Å²) in [5.41, 5.74) is 8.05. The average molecular weight is 545 g/mol. The zero-order chi connectivity index (χ0) is 27.2. The predicted octanol–water partition coefficient (Wildman–Crippen LogP) is 5.28. The molecule has 2 aliphatic rings. The normalized spacial score (nSPS) is 15.2. The van der Waals surface area contributed by atoms with Crippen LogP contribution < -0.4 is 15.8 Å². The maximum atomic E-state index is 13.2. The van der Waals surface area contributed by atoms with E-state index in [0.29, 0.717) is 24.3 Å². The number of nitrogens with one attached hydrogen (secondary N) is 2. The van der Waals surface area contributed by atoms with Crippen LogP contribution in [0.5, 0.6) is 0 Å². The number of rotatable bonds is 9. The molecule has 0 aliphatic heterocycles. The minimum Gasteiger partial charge on any atom is -0.356 e. The fraction of sp³-hybridized carbons (Fsp3) is 0.355. The molecule has 0 saturated carbocycles. The summed E-state index contributed by atoms with van der Waals surface area (Å²) >= 11 is 0. The van der Waals surface area contributed by atoms with Crippen molar-refractivity contribution in [1.29, 1.82) is 0 Å². The van der Waals surface area contributed by atoms with E-state index in [0.717, 1.165) is 62.6 Å². The molecule has 0 saturated heterocycles. The Morgan fingerprint density at radius 1 is 0.846 bits per heavy atom. The Morgan fingerprint density at radius 2 is 1.49 bits per heavy atom. The largest absolute Gasteiger partial charge is 0.356 e. The van der Waals surface area contributed by atoms with Crippen LogP contribution in [0, 0.1) is 0 Å². The zero-order valence-corrected chi connectivity index (χ0v) is 23.0. The topological polar surface area (TPSA) is 114 Å². The van der Waals surface area contributed by atoms with Gasteiger partial charge in [0.05, 0.1) is 4.90 Å². The van der Waals surface area contributed by atoms with Gasteiger partial charge in [-0.2, -0.15) is 0 Å². The van der Waals surface area contributed by atoms with Crippen molar-refractivity contribution >= 4 is 27.5 Å². The molecular formula is C31H36N4O3S. The van der Waals surface area contributed by atoms with Crippen LogP contribution in [0.4, 0.5) is 10.5 Å². The summed E-state index contributed by atoms with van der Waals surface area (Å²) in [7, 11) is -3.40. The Balaban J connectivity index is 1.14. The van der Waals surface area contributed by atoms with E-state index >= 15 is 0 Å². The highest BCUT2D eigenvalue weighted by Gasteiger charge is 2.25. The van der Waals surface area contributed by atoms with Crippen molar-refractivity contribution in [2.75, 3.05) is 11.9 Å². The number of fused-ring (bicyclic) bond motifs is 2. The van der Waals surface area contributed by atoms with Gasteiger partial charge in [0.2, 0.25) is 5.91 Å². The summed E-state index contributed by atoms with van der Waals surface area (Å²) in [6.07, 6.45) is 8.90. The first-order chi connectivity index (χ1) is 18.9. The van der Waals surface area contributed by atoms with Gasteiger partial charge in [-0.1, -0.05) is 48.5 Å². The minimum atomic E-state index is -3.40. The number of nitrogens with two attached hydrogens (primary N) is 1. The maximum absolute atomic E-state index is 13.2. The molecular weight excluding hydrogens is 508 g/mol. The summed E-state index contributed by atoms with van der Waals surface area (Å²) in [6.45, 7) is 0.514. The number of carbonyl (C=O) groups excluding carboxylic acids is 2. The van der Waals surface area contributed by atoms with Crippen LogP contribution in [0.1, 0.15) is 59.1 Å². The Bertz CT molecular complexity index is 1440. The molecule has 3 amide bonds. The second-order valence-corrected chi connectivity index (χ2v) is 12.2. The third kappa shape index (κ3) is 6.75. The Kier molecular flexibility index (Phi) is 8.43. The van der Waals surface area contributed by atoms with E-state index in [1.807, 2.05) is 30.3 Å². The fourth-order valence-electron chi connectivity index (χ4n) is 5.66. The lowest BCUT2D eigenvalue weighted by atomic mass is 9.99. The van der Waals surface area contributed by atoms with Gasteiger partial charge in [-0.3, -0.25) is 4.79 Å². The Labute approximate surface area is 230 Å². The third-order valence-corrected chi connectivity index (χ3v) is 9.02. The van der Waals surface area contributed by atoms with Crippen molar-refractivity contribution in [2.24, 2.45) is 9.50 Å². The summed E-state index contributed by atoms with van der Waals surface area (Å²) in [5.74, 6) is 0.0343. The maximum Gasteiger partial charge on any atom is 0.354 e. The first kappa shape index (κ1) is 27.1. The fourth-order valence-corrected chi connectivity index (χ4v) is 6.58. The standard InChI is InChI=1S/C31H36N4O3S/c32-39(38,35-31(37)34-30-27-12-5-10-24(27)21-25-11-6-13-28(25)30)26-17-15-23(16-18-26)19-20-33-29(36)14-4-9-22-7-2-1-3-8-22/h1-3,7-8,15-18,21H,4-6,9-14,19-20H2,(H,33,36)(H3,32,34,35,37,38). The molecule has 0 aromatic heterocycles. The number of hydrogen-bond acceptors (Lipinski definition) is 3. The van der Waals surface area contributed by atoms with Gasteiger partial charge in [0.1, 0.15) is 9.92 Å². The van der Waals surface area contributed by atoms with Crippen molar-refractivity contribution < 1.29 is 13.8 Å². The molecule has 3 aromatic rings. The molecule has 0 bridgehead atoms. The molecule has 0 fully saturated rings. The molecule has 3 aromatic carbocycles. The molecule has 2 aliphatic carbocycles. The quantitative estimate of drug-likeness (QED) is 0.341. The number of anilines is 1. The third-order valence-electron chi connectivity index (χ3n) is 7.63. The highest BCUT2D eigenvalue weighted by atomic mass is 32.2. The summed E-state index contributed by atoms with van der Waals surface area (Å²) in [6, 6.07) is 18.7. The average Bonchev–Trinajstić information content (AvgIpc) is 3.59. The van der Waals surface area contributed by atoms with Crippen molar-refractivity contribution in [3.05, 3.63) is 94.0 Å². The van der Waals surface area contributed by atoms with Gasteiger partial charge in [-0.25, -0.2) is 14.1 Å². The van der Waals surface area contributed by atoms with Gasteiger partial charge in [0.25, 0.3) is 0 Å². The van der Waals surface area contributed by atoms with Crippen LogP contribution in [0.2, 0.25) is 0 Å². The van der Waals surface area contributed by atoms with Crippen LogP contribution in [-0.2, 0) is 53.2 Å². The van der Waals surface area contributed by atoms with E-state index in [4.69, 9.17) is 5.14 Å². The summed E-state index contributed by atoms with van der Waals surface area (Å²) < 4.78 is 17.1. The highest BCUT2D eigenvalue weighted by molar-refractivity contribution is 7.91. The summed E-state index contributed by atoms with van der Waals surface area (Å²) in [5, 5.41) is 11.9. The van der Waals surface area contributed by atoms with Crippen molar-refractivity contribution in [1.82, 2.24) is 5.32 Å². The lowest BCUT2D eigenvalue weighted by molar-refractivity contribution is -0.121. The first-order valence-corrected chi connectivity index (χ1v) is 15.4. The zero-order valence-electron chi connectivity index (χ0n) is 22.2. The number of amides is 3. The first-order valence-electron chi connectivity index (χ1n) is 13.8. The van der Waals surface area contributed by atoms with E-state index < -0.39 is 15.9 Å². The minimum absolute atomic E-state index is 0.0343. The van der Waals surface area contributed by atoms with Crippen LogP contribution in [-0.4, -0.2) is 22.7 Å². The van der Waals surface area contributed by atoms with Gasteiger partial charge in [0, 0.05) is 18.7 Å². The summed E-state index contributed by atoms with van der Waals surface area (Å²) in [4.78, 5) is 25.3. The molecule has 0 heterocycles. The van der Waals surface area contributed by atoms with Crippen LogP contribution in [0.25, 0.3) is 0 Å². The van der Waals surface area contributed by atoms with Gasteiger partial charge >= 0.3 is 6.03 Å². The molecule has 8 heteroatoms. The number of urea groups is 1. The molecule has 7 nitrogen and oxygen atoms in total. The monoisotopic (exact) mass is 544 g/mol. The number of nitrogens with zero attached hydrogens (tertiary/aromatic N) is 1. The lowest BCUT2D eigenvalue weighted by Gasteiger charge is -2.15. The molecule has 1 atom stereocenters. The number of benzene rings is 3. The predicted molar refractivity (Wildman–Crippen MR) is 155 cm³/mol. The molecule has 39 heavy (non-hydrogen) atoms. The van der Waals surface area contributed by atoms with Crippen LogP contribution in [0.15, 0.2) is 69.9 Å². The number of carbonyl (C=O) groups is 2. The van der Waals surface area contributed by atoms with Gasteiger partial charge in [-0.15, -0.1) is 4.36 Å². The van der Waals surface area contributed by atoms with Crippen molar-refractivity contribution in [3.8, 4) is 0 Å². The SMILES string of the molecule is NS(=O)(=NC(=O)Nc1c2c(cc3c1CCC3)CCC2)c1ccc(CCNC(=O)CCCc2ccccc2)cc1. The number of hydrogen-bond donors (Lipinski definition) is 3. The smallest absolute Gasteiger partial charge is 0.354 e. The van der Waals surface area contributed by atoms with E-state index in [1.54, 1.807) is 12.1 Å². The molecule has 5 rings (SSSR count). The van der Waals surface area contributed by atoms with E-state index in [-0.39, 0.29) is 5.91 Å². The van der Waals surface area contributed by atoms with Crippen LogP contribution in [0.3, 0.4) is 0 Å². The van der Waals surface area contributed by atoms with Gasteiger partial charge in [0.15, 0.2) is 0 Å². The van der Waals surface area contributed by atoms with Crippen molar-refractivity contribution in [3.63, 3.8) is 0 Å². The number of aryl methyl sites for hydroxylation is 3. The van der Waals surface area contributed by atoms with Crippen molar-refractivity contribution in [2.45, 2.75) is 69.1 Å². The molecule has 0 spiro atoms. The second kappa shape index (κ2) is 12.1. The second-order valence-electron chi connectivity index (χ2n) is 10.4. The molecule has 204 valence electrons. The highest BCUT2D eigenvalue weighted by Crippen LogP contribution is 2.38.